The summed E-state index contributed by atoms with van der Waals surface area (Å²) >= 11 is 0. The number of halogens is 3. The van der Waals surface area contributed by atoms with Gasteiger partial charge in [0.2, 0.25) is 0 Å². The van der Waals surface area contributed by atoms with Crippen molar-refractivity contribution in [3.05, 3.63) is 35.3 Å². The van der Waals surface area contributed by atoms with Crippen molar-refractivity contribution in [2.75, 3.05) is 7.05 Å². The average molecular weight is 214 g/mol. The second-order valence-corrected chi connectivity index (χ2v) is 3.27. The van der Waals surface area contributed by atoms with Crippen LogP contribution in [0.15, 0.2) is 12.1 Å². The molecule has 0 aliphatic carbocycles. The number of benzene rings is 1. The van der Waals surface area contributed by atoms with Gasteiger partial charge in [0.15, 0.2) is 17.5 Å². The van der Waals surface area contributed by atoms with E-state index in [-0.39, 0.29) is 10.9 Å². The highest BCUT2D eigenvalue weighted by atomic mass is 19.2. The molecule has 1 aromatic carbocycles. The van der Waals surface area contributed by atoms with E-state index in [1.54, 1.807) is 7.05 Å². The smallest absolute Gasteiger partial charge is 0.195 e. The van der Waals surface area contributed by atoms with Crippen molar-refractivity contribution in [3.63, 3.8) is 0 Å². The lowest BCUT2D eigenvalue weighted by atomic mass is 10.2. The maximum atomic E-state index is 13.3. The highest BCUT2D eigenvalue weighted by Gasteiger charge is 2.15. The number of fused-ring (bicyclic) bond motifs is 1. The molecule has 0 radical (unpaired) electrons. The zero-order valence-corrected chi connectivity index (χ0v) is 8.00. The average Bonchev–Trinajstić information content (AvgIpc) is 2.58. The summed E-state index contributed by atoms with van der Waals surface area (Å²) < 4.78 is 39.0. The number of rotatable bonds is 2. The third-order valence-corrected chi connectivity index (χ3v) is 2.18. The zero-order chi connectivity index (χ0) is 11.0. The van der Waals surface area contributed by atoms with Crippen LogP contribution in [0.5, 0.6) is 0 Å². The van der Waals surface area contributed by atoms with Gasteiger partial charge in [0, 0.05) is 23.7 Å². The quantitative estimate of drug-likeness (QED) is 0.737. The maximum absolute atomic E-state index is 13.3. The largest absolute Gasteiger partial charge is 0.357 e. The molecule has 5 heteroatoms. The Kier molecular flexibility index (Phi) is 2.40. The van der Waals surface area contributed by atoms with Crippen LogP contribution < -0.4 is 5.32 Å². The maximum Gasteiger partial charge on any atom is 0.195 e. The van der Waals surface area contributed by atoms with Crippen LogP contribution in [0.25, 0.3) is 10.9 Å². The van der Waals surface area contributed by atoms with Gasteiger partial charge in [-0.15, -0.1) is 0 Å². The Morgan fingerprint density at radius 3 is 2.60 bits per heavy atom. The normalized spacial score (nSPS) is 11.2. The Morgan fingerprint density at radius 1 is 1.20 bits per heavy atom. The van der Waals surface area contributed by atoms with Crippen molar-refractivity contribution in [2.24, 2.45) is 0 Å². The molecule has 0 unspecified atom stereocenters. The van der Waals surface area contributed by atoms with Gasteiger partial charge in [-0.3, -0.25) is 0 Å². The number of hydrogen-bond donors (Lipinski definition) is 2. The molecule has 2 N–H and O–H groups in total. The first-order valence-corrected chi connectivity index (χ1v) is 4.43. The van der Waals surface area contributed by atoms with Gasteiger partial charge >= 0.3 is 0 Å². The first-order valence-electron chi connectivity index (χ1n) is 4.43. The molecule has 2 nitrogen and oxygen atoms in total. The van der Waals surface area contributed by atoms with Crippen LogP contribution in [-0.4, -0.2) is 12.0 Å². The molecule has 0 saturated carbocycles. The van der Waals surface area contributed by atoms with Gasteiger partial charge in [0.1, 0.15) is 0 Å². The Hall–Kier alpha value is -1.49. The van der Waals surface area contributed by atoms with Gasteiger partial charge in [-0.25, -0.2) is 13.2 Å². The van der Waals surface area contributed by atoms with Gasteiger partial charge in [-0.2, -0.15) is 0 Å². The SMILES string of the molecule is CNCc1cc2c(F)c(F)c(F)cc2[nH]1. The molecular formula is C10H9F3N2. The van der Waals surface area contributed by atoms with Gasteiger partial charge in [0.25, 0.3) is 0 Å². The number of aromatic nitrogens is 1. The van der Waals surface area contributed by atoms with E-state index in [4.69, 9.17) is 0 Å². The number of aromatic amines is 1. The van der Waals surface area contributed by atoms with E-state index in [0.717, 1.165) is 6.07 Å². The van der Waals surface area contributed by atoms with E-state index in [1.165, 1.54) is 6.07 Å². The van der Waals surface area contributed by atoms with Crippen LogP contribution in [0.3, 0.4) is 0 Å². The Labute approximate surface area is 84.1 Å². The summed E-state index contributed by atoms with van der Waals surface area (Å²) in [5.74, 6) is -3.76. The van der Waals surface area contributed by atoms with Gasteiger partial charge < -0.3 is 10.3 Å². The lowest BCUT2D eigenvalue weighted by Gasteiger charge is -1.95. The van der Waals surface area contributed by atoms with Crippen molar-refractivity contribution < 1.29 is 13.2 Å². The number of nitrogens with one attached hydrogen (secondary N) is 2. The van der Waals surface area contributed by atoms with E-state index in [1.807, 2.05) is 0 Å². The van der Waals surface area contributed by atoms with Crippen LogP contribution in [0.2, 0.25) is 0 Å². The van der Waals surface area contributed by atoms with Crippen molar-refractivity contribution >= 4 is 10.9 Å². The molecule has 15 heavy (non-hydrogen) atoms. The van der Waals surface area contributed by atoms with Crippen LogP contribution in [0.1, 0.15) is 5.69 Å². The summed E-state index contributed by atoms with van der Waals surface area (Å²) in [6.07, 6.45) is 0. The van der Waals surface area contributed by atoms with Crippen LogP contribution in [0, 0.1) is 17.5 Å². The molecule has 2 rings (SSSR count). The monoisotopic (exact) mass is 214 g/mol. The highest BCUT2D eigenvalue weighted by molar-refractivity contribution is 5.81. The predicted octanol–water partition coefficient (Wildman–Crippen LogP) is 2.30. The van der Waals surface area contributed by atoms with E-state index in [0.29, 0.717) is 12.2 Å². The summed E-state index contributed by atoms with van der Waals surface area (Å²) in [6, 6.07) is 2.41. The van der Waals surface area contributed by atoms with Crippen molar-refractivity contribution in [3.8, 4) is 0 Å². The Morgan fingerprint density at radius 2 is 1.93 bits per heavy atom. The number of hydrogen-bond acceptors (Lipinski definition) is 1. The molecule has 0 bridgehead atoms. The van der Waals surface area contributed by atoms with Gasteiger partial charge in [0.05, 0.1) is 5.52 Å². The predicted molar refractivity (Wildman–Crippen MR) is 50.9 cm³/mol. The zero-order valence-electron chi connectivity index (χ0n) is 8.00. The summed E-state index contributed by atoms with van der Waals surface area (Å²) in [6.45, 7) is 0.483. The summed E-state index contributed by atoms with van der Waals surface area (Å²) in [4.78, 5) is 2.80. The third-order valence-electron chi connectivity index (χ3n) is 2.18. The molecule has 0 spiro atoms. The van der Waals surface area contributed by atoms with Crippen molar-refractivity contribution in [1.82, 2.24) is 10.3 Å². The Bertz CT molecular complexity index is 505. The highest BCUT2D eigenvalue weighted by Crippen LogP contribution is 2.23. The summed E-state index contributed by atoms with van der Waals surface area (Å²) in [7, 11) is 1.73. The van der Waals surface area contributed by atoms with Crippen LogP contribution in [0.4, 0.5) is 13.2 Å². The molecule has 80 valence electrons. The molecule has 0 atom stereocenters. The molecule has 0 aliphatic heterocycles. The minimum atomic E-state index is -1.43. The molecule has 2 aromatic rings. The Balaban J connectivity index is 2.65. The van der Waals surface area contributed by atoms with Gasteiger partial charge in [-0.1, -0.05) is 0 Å². The standard InChI is InChI=1S/C10H9F3N2/c1-14-4-5-2-6-8(15-5)3-7(11)10(13)9(6)12/h2-3,14-15H,4H2,1H3. The molecule has 1 aromatic heterocycles. The van der Waals surface area contributed by atoms with E-state index in [9.17, 15) is 13.2 Å². The second-order valence-electron chi connectivity index (χ2n) is 3.27. The fraction of sp³-hybridized carbons (Fsp3) is 0.200. The third kappa shape index (κ3) is 1.59. The molecule has 0 aliphatic rings. The number of H-pyrrole nitrogens is 1. The van der Waals surface area contributed by atoms with Crippen molar-refractivity contribution in [2.45, 2.75) is 6.54 Å². The first kappa shape index (κ1) is 10.0. The first-order chi connectivity index (χ1) is 7.13. The molecule has 0 amide bonds. The van der Waals surface area contributed by atoms with Gasteiger partial charge in [-0.05, 0) is 13.1 Å². The fourth-order valence-corrected chi connectivity index (χ4v) is 1.52. The molecular weight excluding hydrogens is 205 g/mol. The topological polar surface area (TPSA) is 27.8 Å². The van der Waals surface area contributed by atoms with Crippen molar-refractivity contribution in [1.29, 1.82) is 0 Å². The van der Waals surface area contributed by atoms with E-state index < -0.39 is 17.5 Å². The lowest BCUT2D eigenvalue weighted by molar-refractivity contribution is 0.453. The minimum Gasteiger partial charge on any atom is -0.357 e. The second kappa shape index (κ2) is 3.58. The minimum absolute atomic E-state index is 0.0687. The molecule has 0 fully saturated rings. The lowest BCUT2D eigenvalue weighted by Crippen LogP contribution is -2.04. The van der Waals surface area contributed by atoms with E-state index in [2.05, 4.69) is 10.3 Å². The summed E-state index contributed by atoms with van der Waals surface area (Å²) in [5.41, 5.74) is 0.938. The molecule has 0 saturated heterocycles. The fourth-order valence-electron chi connectivity index (χ4n) is 1.52. The van der Waals surface area contributed by atoms with Crippen LogP contribution >= 0.6 is 0 Å². The molecule has 1 heterocycles. The van der Waals surface area contributed by atoms with E-state index >= 15 is 0 Å². The summed E-state index contributed by atoms with van der Waals surface area (Å²) in [5, 5.41) is 2.92. The van der Waals surface area contributed by atoms with Crippen LogP contribution in [-0.2, 0) is 6.54 Å².